The number of carbonyl (C=O) groups excluding carboxylic acids is 3. The minimum atomic E-state index is -5.58. The SMILES string of the molecule is CC/C=C\C/C=C\C/C=C\C/C=C\C/C=C\C/C=C\CCCCCCCCCCCCC(=O)SCCNC(=O)CCNC(=O)[C@H](O)C(C)(C)COP(=O)(O)OP(=O)(O)OC[C@H]1O[C@@H](n2cnc3c(N)ncnc32)[C@H](O)[C@@H]1OP(=O)(O)O. The topological polar surface area (TPSA) is 364 Å². The molecule has 0 spiro atoms. The highest BCUT2D eigenvalue weighted by Crippen LogP contribution is 2.61. The average molecular weight is 1220 g/mol. The number of hydrogen-bond acceptors (Lipinski definition) is 18. The Morgan fingerprint density at radius 2 is 1.30 bits per heavy atom. The fraction of sp³-hybridized carbons (Fsp3) is 0.623. The van der Waals surface area contributed by atoms with Gasteiger partial charge in [0.2, 0.25) is 11.8 Å². The normalized spacial score (nSPS) is 19.3. The number of fused-ring (bicyclic) bond motifs is 1. The van der Waals surface area contributed by atoms with Gasteiger partial charge in [-0.2, -0.15) is 4.31 Å². The van der Waals surface area contributed by atoms with Crippen LogP contribution in [0.15, 0.2) is 85.6 Å². The summed E-state index contributed by atoms with van der Waals surface area (Å²) < 4.78 is 62.6. The van der Waals surface area contributed by atoms with Gasteiger partial charge in [-0.05, 0) is 57.8 Å². The molecule has 24 nitrogen and oxygen atoms in total. The van der Waals surface area contributed by atoms with E-state index in [-0.39, 0.29) is 41.6 Å². The van der Waals surface area contributed by atoms with Crippen LogP contribution < -0.4 is 16.4 Å². The van der Waals surface area contributed by atoms with Gasteiger partial charge in [0.1, 0.15) is 36.3 Å². The summed E-state index contributed by atoms with van der Waals surface area (Å²) in [7, 11) is -16.4. The first-order chi connectivity index (χ1) is 38.6. The standard InChI is InChI=1S/C53H86N7O17P3S/c1-4-5-6-7-8-9-10-11-12-13-14-15-16-17-18-19-20-21-22-23-24-25-26-27-28-29-30-31-32-33-44(62)81-37-36-55-43(61)34-35-56-51(65)48(64)53(2,3)39-74-80(71,72)77-79(69,70)73-38-42-47(76-78(66,67)68)46(63)52(75-42)60-41-59-45-49(54)57-40-58-50(45)60/h5-6,8-9,11-12,14-15,17-18,20-21,40-42,46-48,52,63-64H,4,7,10,13,16,19,22-39H2,1-3H3,(H,55,61)(H,56,65)(H,69,70)(H,71,72)(H2,54,57,58)(H2,66,67,68)/b6-5-,9-8-,12-11-,15-14-,18-17-,21-20-/t42-,46-,47-,48+,52-/m1/s1. The van der Waals surface area contributed by atoms with E-state index < -0.39 is 84.6 Å². The molecule has 2 amide bonds. The maximum atomic E-state index is 12.8. The number of nitrogens with zero attached hydrogens (tertiary/aromatic N) is 4. The number of unbranched alkanes of at least 4 members (excludes halogenated alkanes) is 10. The summed E-state index contributed by atoms with van der Waals surface area (Å²) in [4.78, 5) is 88.7. The van der Waals surface area contributed by atoms with Crippen molar-refractivity contribution >= 4 is 69.1 Å². The highest BCUT2D eigenvalue weighted by atomic mass is 32.2. The van der Waals surface area contributed by atoms with Crippen molar-refractivity contribution in [3.8, 4) is 0 Å². The quantitative estimate of drug-likeness (QED) is 0.0170. The van der Waals surface area contributed by atoms with Gasteiger partial charge in [-0.3, -0.25) is 32.5 Å². The summed E-state index contributed by atoms with van der Waals surface area (Å²) in [5, 5.41) is 26.7. The third-order valence-corrected chi connectivity index (χ3v) is 16.4. The number of rotatable bonds is 43. The molecule has 456 valence electrons. The molecule has 2 unspecified atom stereocenters. The number of thioether (sulfide) groups is 1. The van der Waals surface area contributed by atoms with Crippen LogP contribution in [0.4, 0.5) is 5.82 Å². The van der Waals surface area contributed by atoms with Crippen LogP contribution in [0.2, 0.25) is 0 Å². The molecule has 81 heavy (non-hydrogen) atoms. The van der Waals surface area contributed by atoms with E-state index in [1.54, 1.807) is 0 Å². The van der Waals surface area contributed by atoms with Gasteiger partial charge in [-0.1, -0.05) is 157 Å². The lowest BCUT2D eigenvalue weighted by Gasteiger charge is -2.30. The summed E-state index contributed by atoms with van der Waals surface area (Å²) in [5.41, 5.74) is 4.29. The van der Waals surface area contributed by atoms with E-state index in [2.05, 4.69) is 114 Å². The minimum absolute atomic E-state index is 0.0321. The maximum Gasteiger partial charge on any atom is 0.481 e. The first kappa shape index (κ1) is 71.3. The molecular formula is C53H86N7O17P3S. The van der Waals surface area contributed by atoms with Crippen LogP contribution in [0.3, 0.4) is 0 Å². The Morgan fingerprint density at radius 3 is 1.88 bits per heavy atom. The van der Waals surface area contributed by atoms with Crippen LogP contribution in [-0.2, 0) is 50.7 Å². The van der Waals surface area contributed by atoms with Gasteiger partial charge >= 0.3 is 23.5 Å². The van der Waals surface area contributed by atoms with Crippen LogP contribution >= 0.6 is 35.2 Å². The summed E-state index contributed by atoms with van der Waals surface area (Å²) in [6.07, 6.45) is 38.9. The fourth-order valence-corrected chi connectivity index (χ4v) is 11.5. The van der Waals surface area contributed by atoms with Gasteiger partial charge in [-0.15, -0.1) is 0 Å². The highest BCUT2D eigenvalue weighted by Gasteiger charge is 2.50. The Hall–Kier alpha value is -4.00. The van der Waals surface area contributed by atoms with Crippen LogP contribution in [0.5, 0.6) is 0 Å². The third-order valence-electron chi connectivity index (χ3n) is 12.4. The van der Waals surface area contributed by atoms with E-state index in [4.69, 9.17) is 19.5 Å². The highest BCUT2D eigenvalue weighted by molar-refractivity contribution is 8.13. The Morgan fingerprint density at radius 1 is 0.753 bits per heavy atom. The number of aliphatic hydroxyl groups excluding tert-OH is 2. The summed E-state index contributed by atoms with van der Waals surface area (Å²) in [6, 6.07) is 0. The predicted octanol–water partition coefficient (Wildman–Crippen LogP) is 9.04. The van der Waals surface area contributed by atoms with Gasteiger partial charge in [0.05, 0.1) is 19.5 Å². The molecule has 0 aliphatic carbocycles. The van der Waals surface area contributed by atoms with Crippen LogP contribution in [0, 0.1) is 5.41 Å². The molecule has 1 saturated heterocycles. The molecule has 0 aromatic carbocycles. The zero-order valence-electron chi connectivity index (χ0n) is 46.7. The Balaban J connectivity index is 1.17. The molecule has 10 N–H and O–H groups in total. The van der Waals surface area contributed by atoms with Crippen molar-refractivity contribution in [1.82, 2.24) is 30.2 Å². The fourth-order valence-electron chi connectivity index (χ4n) is 7.95. The lowest BCUT2D eigenvalue weighted by Crippen LogP contribution is -2.46. The predicted molar refractivity (Wildman–Crippen MR) is 311 cm³/mol. The summed E-state index contributed by atoms with van der Waals surface area (Å²) in [6.45, 7) is 2.70. The molecule has 3 heterocycles. The van der Waals surface area contributed by atoms with Crippen LogP contribution in [0.1, 0.15) is 149 Å². The number of anilines is 1. The third kappa shape index (κ3) is 30.4. The monoisotopic (exact) mass is 1220 g/mol. The van der Waals surface area contributed by atoms with Crippen molar-refractivity contribution in [2.75, 3.05) is 37.8 Å². The average Bonchev–Trinajstić information content (AvgIpc) is 4.11. The molecule has 2 aromatic rings. The van der Waals surface area contributed by atoms with E-state index in [1.807, 2.05) is 0 Å². The number of nitrogens with two attached hydrogens (primary N) is 1. The van der Waals surface area contributed by atoms with E-state index in [1.165, 1.54) is 52.4 Å². The van der Waals surface area contributed by atoms with Crippen molar-refractivity contribution in [2.24, 2.45) is 5.41 Å². The van der Waals surface area contributed by atoms with Gasteiger partial charge in [0.15, 0.2) is 22.8 Å². The van der Waals surface area contributed by atoms with E-state index in [9.17, 15) is 57.9 Å². The summed E-state index contributed by atoms with van der Waals surface area (Å²) >= 11 is 1.15. The van der Waals surface area contributed by atoms with Crippen molar-refractivity contribution in [3.05, 3.63) is 85.6 Å². The lowest BCUT2D eigenvalue weighted by molar-refractivity contribution is -0.137. The smallest absolute Gasteiger partial charge is 0.386 e. The van der Waals surface area contributed by atoms with Gasteiger partial charge in [-0.25, -0.2) is 28.6 Å². The Kier molecular flexibility index (Phi) is 34.1. The number of hydrogen-bond donors (Lipinski definition) is 9. The second-order valence-corrected chi connectivity index (χ2v) is 25.2. The number of nitrogens with one attached hydrogen (secondary N) is 2. The number of allylic oxidation sites excluding steroid dienone is 12. The largest absolute Gasteiger partial charge is 0.481 e. The zero-order valence-corrected chi connectivity index (χ0v) is 50.2. The molecular weight excluding hydrogens is 1130 g/mol. The number of ether oxygens (including phenoxy) is 1. The molecule has 0 radical (unpaired) electrons. The first-order valence-electron chi connectivity index (χ1n) is 27.5. The van der Waals surface area contributed by atoms with Crippen molar-refractivity contribution in [1.29, 1.82) is 0 Å². The number of aliphatic hydroxyl groups is 2. The second kappa shape index (κ2) is 38.8. The zero-order chi connectivity index (χ0) is 59.6. The molecule has 1 aliphatic rings. The van der Waals surface area contributed by atoms with E-state index in [0.29, 0.717) is 12.2 Å². The molecule has 0 saturated carbocycles. The molecule has 28 heteroatoms. The molecule has 3 rings (SSSR count). The molecule has 1 aliphatic heterocycles. The van der Waals surface area contributed by atoms with Crippen molar-refractivity contribution in [2.45, 2.75) is 173 Å². The molecule has 1 fully saturated rings. The van der Waals surface area contributed by atoms with Gasteiger partial charge < -0.3 is 50.9 Å². The number of aromatic nitrogens is 4. The van der Waals surface area contributed by atoms with E-state index >= 15 is 0 Å². The van der Waals surface area contributed by atoms with Crippen molar-refractivity contribution < 1.29 is 80.5 Å². The van der Waals surface area contributed by atoms with Gasteiger partial charge in [0, 0.05) is 37.1 Å². The number of amides is 2. The number of imidazole rings is 1. The number of phosphoric ester groups is 3. The lowest BCUT2D eigenvalue weighted by atomic mass is 9.87. The Bertz CT molecular complexity index is 2540. The number of nitrogen functional groups attached to an aromatic ring is 1. The Labute approximate surface area is 480 Å². The minimum Gasteiger partial charge on any atom is -0.386 e. The number of carbonyl (C=O) groups is 3. The number of phosphoric acid groups is 3. The van der Waals surface area contributed by atoms with E-state index in [0.717, 1.165) is 99.6 Å². The summed E-state index contributed by atoms with van der Waals surface area (Å²) in [5.74, 6) is -1.04. The van der Waals surface area contributed by atoms with Crippen molar-refractivity contribution in [3.63, 3.8) is 0 Å². The van der Waals surface area contributed by atoms with Crippen LogP contribution in [-0.4, -0.2) is 123 Å². The first-order valence-corrected chi connectivity index (χ1v) is 33.0. The van der Waals surface area contributed by atoms with Gasteiger partial charge in [0.25, 0.3) is 0 Å². The van der Waals surface area contributed by atoms with Crippen LogP contribution in [0.25, 0.3) is 11.2 Å². The molecule has 0 bridgehead atoms. The molecule has 2 aromatic heterocycles. The second-order valence-electron chi connectivity index (χ2n) is 19.8. The molecule has 7 atom stereocenters. The maximum absolute atomic E-state index is 12.8.